The van der Waals surface area contributed by atoms with Gasteiger partial charge in [0.25, 0.3) is 0 Å². The van der Waals surface area contributed by atoms with Crippen LogP contribution in [-0.4, -0.2) is 36.0 Å². The molecule has 2 rings (SSSR count). The fourth-order valence-corrected chi connectivity index (χ4v) is 2.73. The highest BCUT2D eigenvalue weighted by Crippen LogP contribution is 2.15. The maximum absolute atomic E-state index is 12.3. The van der Waals surface area contributed by atoms with E-state index >= 15 is 0 Å². The summed E-state index contributed by atoms with van der Waals surface area (Å²) < 4.78 is 5.33. The molecule has 0 spiro atoms. The molecule has 1 saturated heterocycles. The van der Waals surface area contributed by atoms with Crippen LogP contribution >= 0.6 is 0 Å². The first-order valence-electron chi connectivity index (χ1n) is 7.64. The average molecular weight is 289 g/mol. The topological polar surface area (TPSA) is 46.6 Å². The molecule has 1 atom stereocenters. The first-order chi connectivity index (χ1) is 10.1. The lowest BCUT2D eigenvalue weighted by molar-refractivity contribution is -0.149. The normalized spacial score (nSPS) is 16.3. The highest BCUT2D eigenvalue weighted by Gasteiger charge is 2.22. The standard InChI is InChI=1S/C17H23NO3/c1-14(19)21-16(12-15-8-4-2-5-9-15)13-17(20)18-10-6-3-7-11-18/h2,4-5,8-9,16H,3,6-7,10-13H2,1H3. The molecule has 114 valence electrons. The number of piperidine rings is 1. The van der Waals surface area contributed by atoms with Crippen LogP contribution < -0.4 is 0 Å². The van der Waals surface area contributed by atoms with Gasteiger partial charge in [0.2, 0.25) is 5.91 Å². The van der Waals surface area contributed by atoms with Gasteiger partial charge in [-0.05, 0) is 24.8 Å². The van der Waals surface area contributed by atoms with Crippen LogP contribution in [0.3, 0.4) is 0 Å². The Labute approximate surface area is 126 Å². The van der Waals surface area contributed by atoms with Crippen LogP contribution in [0.1, 0.15) is 38.2 Å². The lowest BCUT2D eigenvalue weighted by atomic mass is 10.0. The van der Waals surface area contributed by atoms with E-state index in [0.29, 0.717) is 6.42 Å². The van der Waals surface area contributed by atoms with Gasteiger partial charge in [-0.1, -0.05) is 30.3 Å². The highest BCUT2D eigenvalue weighted by atomic mass is 16.5. The zero-order chi connectivity index (χ0) is 15.1. The smallest absolute Gasteiger partial charge is 0.302 e. The molecule has 4 nitrogen and oxygen atoms in total. The van der Waals surface area contributed by atoms with Gasteiger partial charge in [0, 0.05) is 26.4 Å². The minimum absolute atomic E-state index is 0.0943. The predicted octanol–water partition coefficient (Wildman–Crippen LogP) is 2.56. The Morgan fingerprint density at radius 3 is 2.43 bits per heavy atom. The largest absolute Gasteiger partial charge is 0.462 e. The zero-order valence-corrected chi connectivity index (χ0v) is 12.6. The summed E-state index contributed by atoms with van der Waals surface area (Å²) in [6.45, 7) is 3.05. The first kappa shape index (κ1) is 15.5. The molecule has 1 fully saturated rings. The predicted molar refractivity (Wildman–Crippen MR) is 80.7 cm³/mol. The number of benzene rings is 1. The summed E-state index contributed by atoms with van der Waals surface area (Å²) >= 11 is 0. The van der Waals surface area contributed by atoms with Crippen LogP contribution in [-0.2, 0) is 20.7 Å². The molecule has 1 aromatic rings. The quantitative estimate of drug-likeness (QED) is 0.783. The molecule has 1 heterocycles. The molecule has 0 aliphatic carbocycles. The average Bonchev–Trinajstić information content (AvgIpc) is 2.48. The molecule has 1 aromatic carbocycles. The Morgan fingerprint density at radius 1 is 1.14 bits per heavy atom. The maximum Gasteiger partial charge on any atom is 0.302 e. The summed E-state index contributed by atoms with van der Waals surface area (Å²) in [7, 11) is 0. The third-order valence-electron chi connectivity index (χ3n) is 3.75. The van der Waals surface area contributed by atoms with Crippen molar-refractivity contribution in [1.82, 2.24) is 4.90 Å². The van der Waals surface area contributed by atoms with E-state index in [4.69, 9.17) is 4.74 Å². The monoisotopic (exact) mass is 289 g/mol. The molecule has 0 radical (unpaired) electrons. The molecule has 0 N–H and O–H groups in total. The Kier molecular flexibility index (Phi) is 5.78. The Morgan fingerprint density at radius 2 is 1.81 bits per heavy atom. The second-order valence-corrected chi connectivity index (χ2v) is 5.57. The zero-order valence-electron chi connectivity index (χ0n) is 12.6. The van der Waals surface area contributed by atoms with E-state index in [0.717, 1.165) is 31.5 Å². The number of hydrogen-bond acceptors (Lipinski definition) is 3. The number of carbonyl (C=O) groups is 2. The second-order valence-electron chi connectivity index (χ2n) is 5.57. The van der Waals surface area contributed by atoms with Gasteiger partial charge < -0.3 is 9.64 Å². The molecule has 21 heavy (non-hydrogen) atoms. The minimum Gasteiger partial charge on any atom is -0.462 e. The van der Waals surface area contributed by atoms with Crippen molar-refractivity contribution in [2.45, 2.75) is 45.1 Å². The van der Waals surface area contributed by atoms with E-state index in [9.17, 15) is 9.59 Å². The summed E-state index contributed by atoms with van der Waals surface area (Å²) in [5.41, 5.74) is 1.08. The number of ether oxygens (including phenoxy) is 1. The van der Waals surface area contributed by atoms with Gasteiger partial charge in [0.1, 0.15) is 6.10 Å². The highest BCUT2D eigenvalue weighted by molar-refractivity contribution is 5.77. The first-order valence-corrected chi connectivity index (χ1v) is 7.64. The number of esters is 1. The van der Waals surface area contributed by atoms with Crippen LogP contribution in [0.25, 0.3) is 0 Å². The van der Waals surface area contributed by atoms with E-state index < -0.39 is 0 Å². The van der Waals surface area contributed by atoms with Crippen LogP contribution in [0.5, 0.6) is 0 Å². The SMILES string of the molecule is CC(=O)OC(CC(=O)N1CCCCC1)Cc1ccccc1. The Balaban J connectivity index is 1.95. The third-order valence-corrected chi connectivity index (χ3v) is 3.75. The van der Waals surface area contributed by atoms with Crippen molar-refractivity contribution in [3.05, 3.63) is 35.9 Å². The number of likely N-dealkylation sites (tertiary alicyclic amines) is 1. The lowest BCUT2D eigenvalue weighted by Gasteiger charge is -2.28. The van der Waals surface area contributed by atoms with E-state index in [-0.39, 0.29) is 24.4 Å². The molecule has 0 bridgehead atoms. The number of nitrogens with zero attached hydrogens (tertiary/aromatic N) is 1. The van der Waals surface area contributed by atoms with Gasteiger partial charge >= 0.3 is 5.97 Å². The summed E-state index contributed by atoms with van der Waals surface area (Å²) in [5, 5.41) is 0. The molecule has 1 aliphatic heterocycles. The van der Waals surface area contributed by atoms with Crippen LogP contribution in [0.2, 0.25) is 0 Å². The second kappa shape index (κ2) is 7.81. The third kappa shape index (κ3) is 5.21. The molecule has 0 aromatic heterocycles. The van der Waals surface area contributed by atoms with Crippen LogP contribution in [0.15, 0.2) is 30.3 Å². The van der Waals surface area contributed by atoms with E-state index in [2.05, 4.69) is 0 Å². The number of amides is 1. The minimum atomic E-state index is -0.376. The summed E-state index contributed by atoms with van der Waals surface area (Å²) in [5.74, 6) is -0.237. The van der Waals surface area contributed by atoms with Gasteiger partial charge in [-0.15, -0.1) is 0 Å². The van der Waals surface area contributed by atoms with Crippen molar-refractivity contribution >= 4 is 11.9 Å². The van der Waals surface area contributed by atoms with Crippen molar-refractivity contribution in [2.75, 3.05) is 13.1 Å². The lowest BCUT2D eigenvalue weighted by Crippen LogP contribution is -2.38. The molecule has 1 aliphatic rings. The molecule has 4 heteroatoms. The Bertz CT molecular complexity index is 466. The van der Waals surface area contributed by atoms with Crippen molar-refractivity contribution in [3.63, 3.8) is 0 Å². The van der Waals surface area contributed by atoms with E-state index in [1.165, 1.54) is 13.3 Å². The molecular weight excluding hydrogens is 266 g/mol. The number of rotatable bonds is 5. The summed E-state index contributed by atoms with van der Waals surface area (Å²) in [6.07, 6.45) is 3.82. The maximum atomic E-state index is 12.3. The molecule has 1 amide bonds. The van der Waals surface area contributed by atoms with Crippen LogP contribution in [0.4, 0.5) is 0 Å². The van der Waals surface area contributed by atoms with E-state index in [1.54, 1.807) is 0 Å². The summed E-state index contributed by atoms with van der Waals surface area (Å²) in [4.78, 5) is 25.5. The van der Waals surface area contributed by atoms with E-state index in [1.807, 2.05) is 35.2 Å². The Hall–Kier alpha value is -1.84. The van der Waals surface area contributed by atoms with Gasteiger partial charge in [-0.2, -0.15) is 0 Å². The fraction of sp³-hybridized carbons (Fsp3) is 0.529. The number of carbonyl (C=O) groups excluding carboxylic acids is 2. The summed E-state index contributed by atoms with van der Waals surface area (Å²) in [6, 6.07) is 9.83. The van der Waals surface area contributed by atoms with Gasteiger partial charge in [-0.3, -0.25) is 9.59 Å². The van der Waals surface area contributed by atoms with Crippen molar-refractivity contribution in [1.29, 1.82) is 0 Å². The molecule has 1 unspecified atom stereocenters. The number of hydrogen-bond donors (Lipinski definition) is 0. The van der Waals surface area contributed by atoms with Crippen molar-refractivity contribution in [2.24, 2.45) is 0 Å². The van der Waals surface area contributed by atoms with Gasteiger partial charge in [0.05, 0.1) is 6.42 Å². The molecular formula is C17H23NO3. The van der Waals surface area contributed by atoms with Crippen molar-refractivity contribution < 1.29 is 14.3 Å². The fourth-order valence-electron chi connectivity index (χ4n) is 2.73. The van der Waals surface area contributed by atoms with Crippen LogP contribution in [0, 0.1) is 0 Å². The van der Waals surface area contributed by atoms with Gasteiger partial charge in [0.15, 0.2) is 0 Å². The molecule has 0 saturated carbocycles. The van der Waals surface area contributed by atoms with Gasteiger partial charge in [-0.25, -0.2) is 0 Å². The van der Waals surface area contributed by atoms with Crippen molar-refractivity contribution in [3.8, 4) is 0 Å².